The molecule has 9 nitrogen and oxygen atoms in total. The van der Waals surface area contributed by atoms with Gasteiger partial charge in [-0.3, -0.25) is 10.00 Å². The third-order valence-corrected chi connectivity index (χ3v) is 3.92. The first-order valence-electron chi connectivity index (χ1n) is 8.04. The number of benzene rings is 1. The second-order valence-electron chi connectivity index (χ2n) is 5.89. The van der Waals surface area contributed by atoms with E-state index in [0.717, 1.165) is 22.8 Å². The molecule has 1 N–H and O–H groups in total. The number of aromatic nitrogens is 5. The molecule has 0 aliphatic carbocycles. The molecule has 1 aromatic carbocycles. The van der Waals surface area contributed by atoms with Crippen LogP contribution in [-0.2, 0) is 13.6 Å². The standard InChI is InChI=1S/C17H21N7O2/c1-12-19-16(21-23(12)3)20-17(25)22(2)10-13-9-18-24(11-13)14-6-5-7-15(8-14)26-4/h5-9,11H,10H2,1-4H3,(H,20,21,25). The van der Waals surface area contributed by atoms with E-state index in [1.807, 2.05) is 37.4 Å². The number of amides is 2. The normalized spacial score (nSPS) is 10.6. The summed E-state index contributed by atoms with van der Waals surface area (Å²) < 4.78 is 8.58. The number of ether oxygens (including phenoxy) is 1. The highest BCUT2D eigenvalue weighted by molar-refractivity contribution is 5.87. The van der Waals surface area contributed by atoms with Gasteiger partial charge in [0.15, 0.2) is 0 Å². The largest absolute Gasteiger partial charge is 0.497 e. The molecule has 0 atom stereocenters. The molecule has 136 valence electrons. The Bertz CT molecular complexity index is 896. The Kier molecular flexibility index (Phi) is 4.87. The second-order valence-corrected chi connectivity index (χ2v) is 5.89. The maximum Gasteiger partial charge on any atom is 0.324 e. The molecule has 0 aliphatic rings. The first-order chi connectivity index (χ1) is 12.5. The number of nitrogens with one attached hydrogen (secondary N) is 1. The first-order valence-corrected chi connectivity index (χ1v) is 8.04. The van der Waals surface area contributed by atoms with Crippen LogP contribution in [0.25, 0.3) is 5.69 Å². The van der Waals surface area contributed by atoms with Crippen molar-refractivity contribution in [3.05, 3.63) is 48.0 Å². The fraction of sp³-hybridized carbons (Fsp3) is 0.294. The molecule has 2 aromatic heterocycles. The van der Waals surface area contributed by atoms with Crippen molar-refractivity contribution in [2.24, 2.45) is 7.05 Å². The van der Waals surface area contributed by atoms with Gasteiger partial charge in [0.05, 0.1) is 25.5 Å². The van der Waals surface area contributed by atoms with E-state index in [4.69, 9.17) is 4.74 Å². The molecule has 9 heteroatoms. The quantitative estimate of drug-likeness (QED) is 0.756. The number of anilines is 1. The molecule has 2 heterocycles. The van der Waals surface area contributed by atoms with E-state index >= 15 is 0 Å². The molecule has 0 saturated heterocycles. The van der Waals surface area contributed by atoms with Crippen molar-refractivity contribution in [2.45, 2.75) is 13.5 Å². The fourth-order valence-corrected chi connectivity index (χ4v) is 2.39. The van der Waals surface area contributed by atoms with E-state index < -0.39 is 0 Å². The number of nitrogens with zero attached hydrogens (tertiary/aromatic N) is 6. The number of carbonyl (C=O) groups excluding carboxylic acids is 1. The van der Waals surface area contributed by atoms with Crippen molar-refractivity contribution in [1.82, 2.24) is 29.4 Å². The molecule has 0 bridgehead atoms. The number of urea groups is 1. The topological polar surface area (TPSA) is 90.1 Å². The average Bonchev–Trinajstić information content (AvgIpc) is 3.21. The van der Waals surface area contributed by atoms with E-state index in [1.165, 1.54) is 0 Å². The van der Waals surface area contributed by atoms with Crippen LogP contribution in [-0.4, -0.2) is 49.6 Å². The lowest BCUT2D eigenvalue weighted by molar-refractivity contribution is 0.220. The van der Waals surface area contributed by atoms with Gasteiger partial charge in [-0.15, -0.1) is 5.10 Å². The Morgan fingerprint density at radius 3 is 2.88 bits per heavy atom. The Hall–Kier alpha value is -3.36. The van der Waals surface area contributed by atoms with Gasteiger partial charge in [-0.25, -0.2) is 9.48 Å². The van der Waals surface area contributed by atoms with Gasteiger partial charge in [0, 0.05) is 31.9 Å². The third-order valence-electron chi connectivity index (χ3n) is 3.92. The molecule has 0 spiro atoms. The highest BCUT2D eigenvalue weighted by atomic mass is 16.5. The van der Waals surface area contributed by atoms with Gasteiger partial charge < -0.3 is 9.64 Å². The van der Waals surface area contributed by atoms with E-state index in [9.17, 15) is 4.79 Å². The fourth-order valence-electron chi connectivity index (χ4n) is 2.39. The predicted octanol–water partition coefficient (Wildman–Crippen LogP) is 1.98. The maximum atomic E-state index is 12.3. The Balaban J connectivity index is 1.65. The maximum absolute atomic E-state index is 12.3. The lowest BCUT2D eigenvalue weighted by Gasteiger charge is -2.15. The monoisotopic (exact) mass is 355 g/mol. The lowest BCUT2D eigenvalue weighted by Crippen LogP contribution is -2.31. The minimum absolute atomic E-state index is 0.286. The van der Waals surface area contributed by atoms with Crippen molar-refractivity contribution in [3.63, 3.8) is 0 Å². The molecule has 0 radical (unpaired) electrons. The highest BCUT2D eigenvalue weighted by Gasteiger charge is 2.14. The van der Waals surface area contributed by atoms with Gasteiger partial charge >= 0.3 is 6.03 Å². The second kappa shape index (κ2) is 7.26. The Morgan fingerprint density at radius 2 is 2.19 bits per heavy atom. The molecule has 0 fully saturated rings. The van der Waals surface area contributed by atoms with Crippen LogP contribution in [0.2, 0.25) is 0 Å². The van der Waals surface area contributed by atoms with E-state index in [0.29, 0.717) is 6.54 Å². The van der Waals surface area contributed by atoms with Crippen molar-refractivity contribution < 1.29 is 9.53 Å². The van der Waals surface area contributed by atoms with Crippen molar-refractivity contribution in [2.75, 3.05) is 19.5 Å². The summed E-state index contributed by atoms with van der Waals surface area (Å²) in [4.78, 5) is 18.0. The summed E-state index contributed by atoms with van der Waals surface area (Å²) in [7, 11) is 5.10. The van der Waals surface area contributed by atoms with Crippen molar-refractivity contribution >= 4 is 12.0 Å². The Labute approximate surface area is 151 Å². The number of methoxy groups -OCH3 is 1. The number of carbonyl (C=O) groups is 1. The molecule has 3 aromatic rings. The summed E-state index contributed by atoms with van der Waals surface area (Å²) in [6.07, 6.45) is 3.61. The lowest BCUT2D eigenvalue weighted by atomic mass is 10.3. The van der Waals surface area contributed by atoms with Crippen LogP contribution in [0.3, 0.4) is 0 Å². The SMILES string of the molecule is COc1cccc(-n2cc(CN(C)C(=O)Nc3nc(C)n(C)n3)cn2)c1. The van der Waals surface area contributed by atoms with Crippen LogP contribution in [0.5, 0.6) is 5.75 Å². The number of hydrogen-bond acceptors (Lipinski definition) is 5. The number of aryl methyl sites for hydroxylation is 2. The van der Waals surface area contributed by atoms with E-state index in [-0.39, 0.29) is 12.0 Å². The van der Waals surface area contributed by atoms with Crippen LogP contribution in [0.15, 0.2) is 36.7 Å². The molecular weight excluding hydrogens is 334 g/mol. The van der Waals surface area contributed by atoms with Crippen LogP contribution in [0.4, 0.5) is 10.7 Å². The zero-order valence-corrected chi connectivity index (χ0v) is 15.2. The van der Waals surface area contributed by atoms with Crippen molar-refractivity contribution in [1.29, 1.82) is 0 Å². The third kappa shape index (κ3) is 3.82. The van der Waals surface area contributed by atoms with Gasteiger partial charge in [0.25, 0.3) is 0 Å². The van der Waals surface area contributed by atoms with E-state index in [1.54, 1.807) is 41.7 Å². The average molecular weight is 355 g/mol. The van der Waals surface area contributed by atoms with Crippen LogP contribution in [0, 0.1) is 6.92 Å². The smallest absolute Gasteiger partial charge is 0.324 e. The first kappa shape index (κ1) is 17.5. The minimum Gasteiger partial charge on any atom is -0.497 e. The molecular formula is C17H21N7O2. The predicted molar refractivity (Wildman–Crippen MR) is 96.3 cm³/mol. The van der Waals surface area contributed by atoms with Gasteiger partial charge in [0.2, 0.25) is 5.95 Å². The van der Waals surface area contributed by atoms with Gasteiger partial charge in [-0.2, -0.15) is 10.1 Å². The number of rotatable bonds is 5. The van der Waals surface area contributed by atoms with Crippen molar-refractivity contribution in [3.8, 4) is 11.4 Å². The zero-order valence-electron chi connectivity index (χ0n) is 15.2. The molecule has 0 aliphatic heterocycles. The molecule has 2 amide bonds. The minimum atomic E-state index is -0.287. The summed E-state index contributed by atoms with van der Waals surface area (Å²) in [5.41, 5.74) is 1.78. The van der Waals surface area contributed by atoms with Crippen LogP contribution >= 0.6 is 0 Å². The van der Waals surface area contributed by atoms with Crippen LogP contribution < -0.4 is 10.1 Å². The molecule has 3 rings (SSSR count). The highest BCUT2D eigenvalue weighted by Crippen LogP contribution is 2.16. The molecule has 0 unspecified atom stereocenters. The van der Waals surface area contributed by atoms with Gasteiger partial charge in [-0.1, -0.05) is 6.07 Å². The number of hydrogen-bond donors (Lipinski definition) is 1. The summed E-state index contributed by atoms with van der Waals surface area (Å²) in [5.74, 6) is 1.77. The Morgan fingerprint density at radius 1 is 1.38 bits per heavy atom. The summed E-state index contributed by atoms with van der Waals surface area (Å²) in [6, 6.07) is 7.31. The summed E-state index contributed by atoms with van der Waals surface area (Å²) >= 11 is 0. The zero-order chi connectivity index (χ0) is 18.7. The van der Waals surface area contributed by atoms with Gasteiger partial charge in [-0.05, 0) is 19.1 Å². The van der Waals surface area contributed by atoms with Crippen LogP contribution in [0.1, 0.15) is 11.4 Å². The molecule has 26 heavy (non-hydrogen) atoms. The van der Waals surface area contributed by atoms with Gasteiger partial charge in [0.1, 0.15) is 11.6 Å². The van der Waals surface area contributed by atoms with E-state index in [2.05, 4.69) is 20.5 Å². The summed E-state index contributed by atoms with van der Waals surface area (Å²) in [6.45, 7) is 2.22. The summed E-state index contributed by atoms with van der Waals surface area (Å²) in [5, 5.41) is 11.1. The molecule has 0 saturated carbocycles.